The number of nitrogens with zero attached hydrogens (tertiary/aromatic N) is 3. The molecule has 1 saturated heterocycles. The average molecular weight is 486 g/mol. The number of aryl methyl sites for hydroxylation is 1. The number of thiazole rings is 1. The van der Waals surface area contributed by atoms with Crippen LogP contribution < -0.4 is 20.7 Å². The zero-order chi connectivity index (χ0) is 23.4. The van der Waals surface area contributed by atoms with Crippen LogP contribution in [0.2, 0.25) is 5.02 Å². The first-order chi connectivity index (χ1) is 15.9. The van der Waals surface area contributed by atoms with Crippen molar-refractivity contribution < 1.29 is 14.3 Å². The van der Waals surface area contributed by atoms with Gasteiger partial charge in [0.2, 0.25) is 5.91 Å². The van der Waals surface area contributed by atoms with Crippen molar-refractivity contribution >= 4 is 46.3 Å². The van der Waals surface area contributed by atoms with Gasteiger partial charge in [0.15, 0.2) is 0 Å². The lowest BCUT2D eigenvalue weighted by molar-refractivity contribution is -0.122. The van der Waals surface area contributed by atoms with E-state index in [2.05, 4.69) is 15.3 Å². The van der Waals surface area contributed by atoms with Gasteiger partial charge in [-0.3, -0.25) is 9.59 Å². The van der Waals surface area contributed by atoms with Crippen molar-refractivity contribution in [3.05, 3.63) is 63.2 Å². The average Bonchev–Trinajstić information content (AvgIpc) is 3.20. The first-order valence-corrected chi connectivity index (χ1v) is 11.7. The van der Waals surface area contributed by atoms with Gasteiger partial charge in [0.05, 0.1) is 23.5 Å². The minimum atomic E-state index is -0.276. The number of nitrogens with two attached hydrogens (primary N) is 1. The first kappa shape index (κ1) is 23.0. The largest absolute Gasteiger partial charge is 0.486 e. The van der Waals surface area contributed by atoms with Gasteiger partial charge in [-0.05, 0) is 56.2 Å². The molecule has 3 N–H and O–H groups in total. The van der Waals surface area contributed by atoms with Crippen molar-refractivity contribution in [1.29, 1.82) is 0 Å². The van der Waals surface area contributed by atoms with Crippen LogP contribution in [0.15, 0.2) is 42.6 Å². The smallest absolute Gasteiger partial charge is 0.267 e. The minimum Gasteiger partial charge on any atom is -0.486 e. The van der Waals surface area contributed by atoms with Crippen LogP contribution in [0.5, 0.6) is 5.75 Å². The number of pyridine rings is 1. The van der Waals surface area contributed by atoms with Crippen molar-refractivity contribution in [2.75, 3.05) is 23.3 Å². The summed E-state index contributed by atoms with van der Waals surface area (Å²) in [5.41, 5.74) is 6.68. The third-order valence-electron chi connectivity index (χ3n) is 5.38. The van der Waals surface area contributed by atoms with Crippen LogP contribution in [0.3, 0.4) is 0 Å². The molecule has 1 atom stereocenters. The summed E-state index contributed by atoms with van der Waals surface area (Å²) in [6.45, 7) is 3.45. The molecule has 2 aromatic heterocycles. The maximum absolute atomic E-state index is 12.8. The van der Waals surface area contributed by atoms with E-state index in [0.717, 1.165) is 25.2 Å². The van der Waals surface area contributed by atoms with Gasteiger partial charge in [-0.25, -0.2) is 9.97 Å². The Morgan fingerprint density at radius 1 is 1.27 bits per heavy atom. The number of halogens is 1. The van der Waals surface area contributed by atoms with E-state index in [1.807, 2.05) is 11.0 Å². The number of amides is 2. The lowest BCUT2D eigenvalue weighted by Gasteiger charge is -2.32. The number of benzene rings is 1. The number of carbonyl (C=O) groups is 2. The van der Waals surface area contributed by atoms with Crippen molar-refractivity contribution in [1.82, 2.24) is 9.97 Å². The molecule has 0 radical (unpaired) electrons. The number of ether oxygens (including phenoxy) is 1. The van der Waals surface area contributed by atoms with E-state index in [-0.39, 0.29) is 24.3 Å². The molecule has 1 aliphatic rings. The molecule has 0 spiro atoms. The number of nitrogens with one attached hydrogen (secondary N) is 1. The molecule has 1 fully saturated rings. The second-order valence-corrected chi connectivity index (χ2v) is 9.33. The highest BCUT2D eigenvalue weighted by atomic mass is 35.5. The fraction of sp³-hybridized carbons (Fsp3) is 0.304. The van der Waals surface area contributed by atoms with Gasteiger partial charge in [-0.2, -0.15) is 0 Å². The Morgan fingerprint density at radius 2 is 2.06 bits per heavy atom. The van der Waals surface area contributed by atoms with E-state index in [0.29, 0.717) is 38.6 Å². The standard InChI is InChI=1S/C23H24ClN5O3S/c1-14-21(33-20(27-14)13-32-18-7-4-16(24)5-8-18)23(31)28-17-6-9-19(26-11-17)29-10-2-3-15(12-29)22(25)30/h4-9,11,15H,2-3,10,12-13H2,1H3,(H2,25,30)(H,28,31). The number of aromatic nitrogens is 2. The van der Waals surface area contributed by atoms with Crippen LogP contribution in [0.4, 0.5) is 11.5 Å². The number of anilines is 2. The Labute approximate surface area is 200 Å². The maximum atomic E-state index is 12.8. The molecule has 1 unspecified atom stereocenters. The molecule has 3 heterocycles. The van der Waals surface area contributed by atoms with E-state index in [1.54, 1.807) is 43.5 Å². The molecule has 0 saturated carbocycles. The molecule has 1 aliphatic heterocycles. The molecule has 33 heavy (non-hydrogen) atoms. The molecule has 0 bridgehead atoms. The summed E-state index contributed by atoms with van der Waals surface area (Å²) in [5, 5.41) is 4.21. The zero-order valence-corrected chi connectivity index (χ0v) is 19.7. The molecular weight excluding hydrogens is 462 g/mol. The summed E-state index contributed by atoms with van der Waals surface area (Å²) in [6, 6.07) is 10.7. The number of rotatable bonds is 7. The monoisotopic (exact) mass is 485 g/mol. The molecule has 3 aromatic rings. The summed E-state index contributed by atoms with van der Waals surface area (Å²) >= 11 is 7.18. The Bertz CT molecular complexity index is 1130. The van der Waals surface area contributed by atoms with Crippen LogP contribution >= 0.6 is 22.9 Å². The van der Waals surface area contributed by atoms with E-state index in [9.17, 15) is 9.59 Å². The summed E-state index contributed by atoms with van der Waals surface area (Å²) in [5.74, 6) is 0.757. The quantitative estimate of drug-likeness (QED) is 0.522. The highest BCUT2D eigenvalue weighted by Gasteiger charge is 2.24. The van der Waals surface area contributed by atoms with Crippen LogP contribution in [0.25, 0.3) is 0 Å². The van der Waals surface area contributed by atoms with Gasteiger partial charge >= 0.3 is 0 Å². The van der Waals surface area contributed by atoms with Crippen molar-refractivity contribution in [2.45, 2.75) is 26.4 Å². The number of piperidine rings is 1. The van der Waals surface area contributed by atoms with Crippen LogP contribution in [0, 0.1) is 12.8 Å². The van der Waals surface area contributed by atoms with Gasteiger partial charge in [0.1, 0.15) is 28.1 Å². The van der Waals surface area contributed by atoms with Gasteiger partial charge in [-0.15, -0.1) is 11.3 Å². The maximum Gasteiger partial charge on any atom is 0.267 e. The normalized spacial score (nSPS) is 15.8. The zero-order valence-electron chi connectivity index (χ0n) is 18.1. The third kappa shape index (κ3) is 5.80. The number of carbonyl (C=O) groups excluding carboxylic acids is 2. The Morgan fingerprint density at radius 3 is 2.76 bits per heavy atom. The first-order valence-electron chi connectivity index (χ1n) is 10.6. The van der Waals surface area contributed by atoms with Gasteiger partial charge in [0.25, 0.3) is 5.91 Å². The predicted octanol–water partition coefficient (Wildman–Crippen LogP) is 4.03. The van der Waals surface area contributed by atoms with E-state index >= 15 is 0 Å². The Hall–Kier alpha value is -3.17. The SMILES string of the molecule is Cc1nc(COc2ccc(Cl)cc2)sc1C(=O)Nc1ccc(N2CCCC(C(N)=O)C2)nc1. The van der Waals surface area contributed by atoms with Gasteiger partial charge in [0, 0.05) is 18.1 Å². The molecule has 2 amide bonds. The van der Waals surface area contributed by atoms with E-state index in [1.165, 1.54) is 11.3 Å². The number of hydrogen-bond acceptors (Lipinski definition) is 7. The molecule has 0 aliphatic carbocycles. The molecular formula is C23H24ClN5O3S. The molecule has 4 rings (SSSR count). The summed E-state index contributed by atoms with van der Waals surface area (Å²) in [4.78, 5) is 35.8. The topological polar surface area (TPSA) is 110 Å². The second kappa shape index (κ2) is 10.2. The molecule has 8 nitrogen and oxygen atoms in total. The Kier molecular flexibility index (Phi) is 7.10. The van der Waals surface area contributed by atoms with Crippen LogP contribution in [-0.2, 0) is 11.4 Å². The van der Waals surface area contributed by atoms with Gasteiger partial charge in [-0.1, -0.05) is 11.6 Å². The Balaban J connectivity index is 1.36. The van der Waals surface area contributed by atoms with Gasteiger partial charge < -0.3 is 20.7 Å². The second-order valence-electron chi connectivity index (χ2n) is 7.81. The predicted molar refractivity (Wildman–Crippen MR) is 129 cm³/mol. The number of hydrogen-bond donors (Lipinski definition) is 2. The van der Waals surface area contributed by atoms with Crippen molar-refractivity contribution in [3.63, 3.8) is 0 Å². The summed E-state index contributed by atoms with van der Waals surface area (Å²) < 4.78 is 5.72. The molecule has 10 heteroatoms. The van der Waals surface area contributed by atoms with E-state index in [4.69, 9.17) is 22.1 Å². The van der Waals surface area contributed by atoms with Crippen molar-refractivity contribution in [3.8, 4) is 5.75 Å². The lowest BCUT2D eigenvalue weighted by atomic mass is 9.97. The van der Waals surface area contributed by atoms with Crippen LogP contribution in [-0.4, -0.2) is 34.9 Å². The fourth-order valence-electron chi connectivity index (χ4n) is 3.65. The highest BCUT2D eigenvalue weighted by molar-refractivity contribution is 7.13. The molecule has 172 valence electrons. The molecule has 1 aromatic carbocycles. The highest BCUT2D eigenvalue weighted by Crippen LogP contribution is 2.25. The summed E-state index contributed by atoms with van der Waals surface area (Å²) in [6.07, 6.45) is 3.31. The summed E-state index contributed by atoms with van der Waals surface area (Å²) in [7, 11) is 0. The van der Waals surface area contributed by atoms with Crippen LogP contribution in [0.1, 0.15) is 33.2 Å². The lowest BCUT2D eigenvalue weighted by Crippen LogP contribution is -2.41. The van der Waals surface area contributed by atoms with Crippen molar-refractivity contribution in [2.24, 2.45) is 11.7 Å². The minimum absolute atomic E-state index is 0.160. The fourth-order valence-corrected chi connectivity index (χ4v) is 4.65. The third-order valence-corrected chi connectivity index (χ3v) is 6.76. The van der Waals surface area contributed by atoms with E-state index < -0.39 is 0 Å². The number of primary amides is 1.